The molecule has 5 heteroatoms. The molecule has 0 saturated heterocycles. The average Bonchev–Trinajstić information content (AvgIpc) is 2.15. The van der Waals surface area contributed by atoms with Gasteiger partial charge >= 0.3 is 11.4 Å². The van der Waals surface area contributed by atoms with Crippen LogP contribution in [0.4, 0.5) is 0 Å². The molecule has 0 aliphatic carbocycles. The Bertz CT molecular complexity index is 286. The van der Waals surface area contributed by atoms with Crippen LogP contribution in [0.2, 0.25) is 0 Å². The van der Waals surface area contributed by atoms with Crippen molar-refractivity contribution in [3.63, 3.8) is 0 Å². The molecule has 0 aliphatic rings. The molecule has 3 nitrogen and oxygen atoms in total. The maximum atomic E-state index is 10.2. The Balaban J connectivity index is 2.54. The van der Waals surface area contributed by atoms with E-state index in [0.29, 0.717) is 0 Å². The van der Waals surface area contributed by atoms with E-state index in [1.807, 2.05) is 24.3 Å². The van der Waals surface area contributed by atoms with Gasteiger partial charge < -0.3 is 0 Å². The third kappa shape index (κ3) is 3.99. The summed E-state index contributed by atoms with van der Waals surface area (Å²) in [7, 11) is 0. The van der Waals surface area contributed by atoms with Crippen LogP contribution in [0.5, 0.6) is 0 Å². The van der Waals surface area contributed by atoms with Crippen molar-refractivity contribution in [3.05, 3.63) is 35.4 Å². The molecule has 1 N–H and O–H groups in total. The second-order valence-corrected chi connectivity index (χ2v) is 3.66. The van der Waals surface area contributed by atoms with Crippen molar-refractivity contribution in [2.24, 2.45) is 0 Å². The zero-order chi connectivity index (χ0) is 9.68. The highest BCUT2D eigenvalue weighted by molar-refractivity contribution is 9.08. The van der Waals surface area contributed by atoms with Crippen LogP contribution in [0.15, 0.2) is 24.3 Å². The molecule has 0 bridgehead atoms. The number of alkyl halides is 1. The van der Waals surface area contributed by atoms with Crippen LogP contribution >= 0.6 is 15.9 Å². The smallest absolute Gasteiger partial charge is 0.284 e. The zero-order valence-corrected chi connectivity index (χ0v) is 9.18. The predicted octanol–water partition coefficient (Wildman–Crippen LogP) is 2.23. The lowest BCUT2D eigenvalue weighted by Gasteiger charge is -2.00. The summed E-state index contributed by atoms with van der Waals surface area (Å²) >= 11 is 1.14. The van der Waals surface area contributed by atoms with Crippen LogP contribution < -0.4 is 0 Å². The van der Waals surface area contributed by atoms with Crippen molar-refractivity contribution in [1.82, 2.24) is 0 Å². The van der Waals surface area contributed by atoms with Gasteiger partial charge in [0.1, 0.15) is 0 Å². The standard InChI is InChI=1S/C8H9BrO3S/c9-5-7-1-3-8(4-2-7)6-12-13(10)11/h1-4H,5-6H2,(H,10,11). The van der Waals surface area contributed by atoms with E-state index >= 15 is 0 Å². The van der Waals surface area contributed by atoms with Gasteiger partial charge in [0.05, 0.1) is 6.61 Å². The lowest BCUT2D eigenvalue weighted by Crippen LogP contribution is -1.95. The molecule has 0 radical (unpaired) electrons. The van der Waals surface area contributed by atoms with Gasteiger partial charge in [-0.2, -0.15) is 4.21 Å². The molecule has 0 heterocycles. The molecule has 0 aromatic heterocycles. The molecule has 1 unspecified atom stereocenters. The fourth-order valence-electron chi connectivity index (χ4n) is 0.843. The summed E-state index contributed by atoms with van der Waals surface area (Å²) in [6.07, 6.45) is 0. The first-order chi connectivity index (χ1) is 6.22. The minimum absolute atomic E-state index is 0.158. The number of hydrogen-bond acceptors (Lipinski definition) is 2. The summed E-state index contributed by atoms with van der Waals surface area (Å²) in [4.78, 5) is 0. The van der Waals surface area contributed by atoms with Crippen LogP contribution in [0.25, 0.3) is 0 Å². The lowest BCUT2D eigenvalue weighted by atomic mass is 10.2. The van der Waals surface area contributed by atoms with E-state index in [4.69, 9.17) is 4.55 Å². The molecule has 1 atom stereocenters. The van der Waals surface area contributed by atoms with Crippen molar-refractivity contribution >= 4 is 27.3 Å². The molecule has 13 heavy (non-hydrogen) atoms. The maximum absolute atomic E-state index is 10.2. The van der Waals surface area contributed by atoms with Gasteiger partial charge in [-0.05, 0) is 11.1 Å². The molecule has 0 amide bonds. The lowest BCUT2D eigenvalue weighted by molar-refractivity contribution is 0.297. The van der Waals surface area contributed by atoms with Crippen molar-refractivity contribution < 1.29 is 12.9 Å². The Kier molecular flexibility index (Phi) is 4.58. The Morgan fingerprint density at radius 3 is 2.31 bits per heavy atom. The molecular formula is C8H9BrO3S. The minimum atomic E-state index is -2.18. The topological polar surface area (TPSA) is 46.5 Å². The van der Waals surface area contributed by atoms with Crippen LogP contribution in [-0.4, -0.2) is 8.76 Å². The summed E-state index contributed by atoms with van der Waals surface area (Å²) in [6, 6.07) is 7.61. The fourth-order valence-corrected chi connectivity index (χ4v) is 1.45. The third-order valence-corrected chi connectivity index (χ3v) is 2.47. The maximum Gasteiger partial charge on any atom is 0.302 e. The summed E-state index contributed by atoms with van der Waals surface area (Å²) in [5, 5.41) is 0.806. The summed E-state index contributed by atoms with van der Waals surface area (Å²) in [5.74, 6) is 0. The highest BCUT2D eigenvalue weighted by Crippen LogP contribution is 2.08. The van der Waals surface area contributed by atoms with E-state index in [9.17, 15) is 4.21 Å². The SMILES string of the molecule is O=S(O)OCc1ccc(CBr)cc1. The molecule has 0 saturated carbocycles. The first kappa shape index (κ1) is 10.8. The minimum Gasteiger partial charge on any atom is -0.284 e. The number of halogens is 1. The zero-order valence-electron chi connectivity index (χ0n) is 6.77. The summed E-state index contributed by atoms with van der Waals surface area (Å²) in [6.45, 7) is 0.158. The largest absolute Gasteiger partial charge is 0.302 e. The van der Waals surface area contributed by atoms with Crippen molar-refractivity contribution in [2.75, 3.05) is 0 Å². The van der Waals surface area contributed by atoms with Crippen molar-refractivity contribution in [2.45, 2.75) is 11.9 Å². The Hall–Kier alpha value is -0.230. The molecule has 0 spiro atoms. The Labute approximate surface area is 87.7 Å². The fraction of sp³-hybridized carbons (Fsp3) is 0.250. The summed E-state index contributed by atoms with van der Waals surface area (Å²) < 4.78 is 23.1. The van der Waals surface area contributed by atoms with E-state index in [0.717, 1.165) is 16.5 Å². The Morgan fingerprint density at radius 1 is 1.31 bits per heavy atom. The highest BCUT2D eigenvalue weighted by Gasteiger charge is 1.96. The molecular weight excluding hydrogens is 256 g/mol. The molecule has 1 rings (SSSR count). The molecule has 72 valence electrons. The van der Waals surface area contributed by atoms with Crippen molar-refractivity contribution in [1.29, 1.82) is 0 Å². The van der Waals surface area contributed by atoms with Gasteiger partial charge in [0, 0.05) is 5.33 Å². The normalized spacial score (nSPS) is 12.8. The predicted molar refractivity (Wildman–Crippen MR) is 54.6 cm³/mol. The van der Waals surface area contributed by atoms with Gasteiger partial charge in [0.25, 0.3) is 0 Å². The van der Waals surface area contributed by atoms with E-state index in [1.54, 1.807) is 0 Å². The molecule has 1 aromatic rings. The van der Waals surface area contributed by atoms with Crippen LogP contribution in [0.1, 0.15) is 11.1 Å². The van der Waals surface area contributed by atoms with E-state index in [2.05, 4.69) is 20.1 Å². The second kappa shape index (κ2) is 5.49. The van der Waals surface area contributed by atoms with Gasteiger partial charge in [-0.3, -0.25) is 8.74 Å². The van der Waals surface area contributed by atoms with Gasteiger partial charge in [0.2, 0.25) is 0 Å². The number of hydrogen-bond donors (Lipinski definition) is 1. The van der Waals surface area contributed by atoms with Gasteiger partial charge in [-0.1, -0.05) is 40.2 Å². The first-order valence-corrected chi connectivity index (χ1v) is 5.75. The molecule has 1 aromatic carbocycles. The molecule has 0 aliphatic heterocycles. The molecule has 0 fully saturated rings. The first-order valence-electron chi connectivity index (χ1n) is 3.60. The van der Waals surface area contributed by atoms with E-state index in [-0.39, 0.29) is 6.61 Å². The van der Waals surface area contributed by atoms with Crippen LogP contribution in [0, 0.1) is 0 Å². The van der Waals surface area contributed by atoms with Gasteiger partial charge in [-0.15, -0.1) is 0 Å². The Morgan fingerprint density at radius 2 is 1.85 bits per heavy atom. The van der Waals surface area contributed by atoms with E-state index in [1.165, 1.54) is 0 Å². The van der Waals surface area contributed by atoms with Gasteiger partial charge in [-0.25, -0.2) is 0 Å². The number of rotatable bonds is 4. The highest BCUT2D eigenvalue weighted by atomic mass is 79.9. The third-order valence-electron chi connectivity index (χ3n) is 1.50. The van der Waals surface area contributed by atoms with E-state index < -0.39 is 11.4 Å². The second-order valence-electron chi connectivity index (χ2n) is 2.43. The van der Waals surface area contributed by atoms with Crippen LogP contribution in [0.3, 0.4) is 0 Å². The van der Waals surface area contributed by atoms with Crippen molar-refractivity contribution in [3.8, 4) is 0 Å². The van der Waals surface area contributed by atoms with Crippen LogP contribution in [-0.2, 0) is 27.5 Å². The quantitative estimate of drug-likeness (QED) is 0.670. The summed E-state index contributed by atoms with van der Waals surface area (Å²) in [5.41, 5.74) is 2.04. The van der Waals surface area contributed by atoms with Gasteiger partial charge in [0.15, 0.2) is 0 Å². The average molecular weight is 265 g/mol. The monoisotopic (exact) mass is 264 g/mol. The number of benzene rings is 1.